The Hall–Kier alpha value is -0.900. The highest BCUT2D eigenvalue weighted by Gasteiger charge is 2.15. The monoisotopic (exact) mass is 239 g/mol. The van der Waals surface area contributed by atoms with Gasteiger partial charge < -0.3 is 9.73 Å². The highest BCUT2D eigenvalue weighted by Crippen LogP contribution is 2.16. The first kappa shape index (κ1) is 14.2. The molecule has 0 aromatic carbocycles. The van der Waals surface area contributed by atoms with Crippen LogP contribution in [0.15, 0.2) is 4.42 Å². The van der Waals surface area contributed by atoms with Crippen LogP contribution in [0.25, 0.3) is 0 Å². The molecule has 1 heterocycles. The first-order valence-electron chi connectivity index (χ1n) is 6.87. The van der Waals surface area contributed by atoms with E-state index in [1.165, 1.54) is 19.3 Å². The highest BCUT2D eigenvalue weighted by atomic mass is 16.4. The molecule has 1 atom stereocenters. The van der Waals surface area contributed by atoms with E-state index < -0.39 is 0 Å². The summed E-state index contributed by atoms with van der Waals surface area (Å²) in [5.74, 6) is 1.52. The van der Waals surface area contributed by atoms with Crippen molar-refractivity contribution < 1.29 is 4.42 Å². The molecule has 0 amide bonds. The molecule has 4 heteroatoms. The molecule has 17 heavy (non-hydrogen) atoms. The standard InChI is InChI=1S/C13H25N3O/c1-4-7-8-9-10-12-15-16-13(17-12)11(5-2)14-6-3/h11,14H,4-10H2,1-3H3. The van der Waals surface area contributed by atoms with Gasteiger partial charge in [0.15, 0.2) is 0 Å². The van der Waals surface area contributed by atoms with Crippen molar-refractivity contribution in [1.29, 1.82) is 0 Å². The van der Waals surface area contributed by atoms with Crippen LogP contribution in [0.4, 0.5) is 0 Å². The van der Waals surface area contributed by atoms with Crippen molar-refractivity contribution in [3.63, 3.8) is 0 Å². The number of nitrogens with one attached hydrogen (secondary N) is 1. The molecule has 1 rings (SSSR count). The Kier molecular flexibility index (Phi) is 6.86. The van der Waals surface area contributed by atoms with Gasteiger partial charge in [0.1, 0.15) is 0 Å². The molecular formula is C13H25N3O. The van der Waals surface area contributed by atoms with Crippen LogP contribution in [-0.4, -0.2) is 16.7 Å². The Morgan fingerprint density at radius 3 is 2.59 bits per heavy atom. The topological polar surface area (TPSA) is 51.0 Å². The number of aromatic nitrogens is 2. The highest BCUT2D eigenvalue weighted by molar-refractivity contribution is 4.89. The van der Waals surface area contributed by atoms with Gasteiger partial charge in [-0.1, -0.05) is 40.0 Å². The molecule has 0 radical (unpaired) electrons. The summed E-state index contributed by atoms with van der Waals surface area (Å²) < 4.78 is 5.68. The molecular weight excluding hydrogens is 214 g/mol. The molecule has 0 spiro atoms. The Morgan fingerprint density at radius 2 is 1.94 bits per heavy atom. The summed E-state index contributed by atoms with van der Waals surface area (Å²) in [5.41, 5.74) is 0. The molecule has 1 N–H and O–H groups in total. The van der Waals surface area contributed by atoms with Gasteiger partial charge in [-0.3, -0.25) is 0 Å². The third-order valence-corrected chi connectivity index (χ3v) is 2.88. The molecule has 0 saturated heterocycles. The number of rotatable bonds is 9. The van der Waals surface area contributed by atoms with Crippen molar-refractivity contribution in [3.8, 4) is 0 Å². The minimum absolute atomic E-state index is 0.205. The van der Waals surface area contributed by atoms with E-state index in [4.69, 9.17) is 4.42 Å². The summed E-state index contributed by atoms with van der Waals surface area (Å²) in [4.78, 5) is 0. The van der Waals surface area contributed by atoms with Gasteiger partial charge in [-0.15, -0.1) is 10.2 Å². The van der Waals surface area contributed by atoms with E-state index >= 15 is 0 Å². The average molecular weight is 239 g/mol. The molecule has 0 aliphatic rings. The fraction of sp³-hybridized carbons (Fsp3) is 0.846. The number of nitrogens with zero attached hydrogens (tertiary/aromatic N) is 2. The number of hydrogen-bond donors (Lipinski definition) is 1. The van der Waals surface area contributed by atoms with Crippen molar-refractivity contribution in [3.05, 3.63) is 11.8 Å². The Balaban J connectivity index is 2.40. The van der Waals surface area contributed by atoms with E-state index in [2.05, 4.69) is 36.3 Å². The number of unbranched alkanes of at least 4 members (excludes halogenated alkanes) is 3. The van der Waals surface area contributed by atoms with Crippen LogP contribution in [0.3, 0.4) is 0 Å². The maximum atomic E-state index is 5.68. The second-order valence-corrected chi connectivity index (χ2v) is 4.36. The molecule has 1 aromatic rings. The zero-order valence-electron chi connectivity index (χ0n) is 11.3. The van der Waals surface area contributed by atoms with Crippen molar-refractivity contribution >= 4 is 0 Å². The minimum Gasteiger partial charge on any atom is -0.424 e. The lowest BCUT2D eigenvalue weighted by molar-refractivity contribution is 0.374. The second-order valence-electron chi connectivity index (χ2n) is 4.36. The van der Waals surface area contributed by atoms with Crippen molar-refractivity contribution in [2.24, 2.45) is 0 Å². The van der Waals surface area contributed by atoms with Crippen molar-refractivity contribution in [2.75, 3.05) is 6.54 Å². The van der Waals surface area contributed by atoms with Gasteiger partial charge in [0.05, 0.1) is 6.04 Å². The fourth-order valence-corrected chi connectivity index (χ4v) is 1.86. The maximum absolute atomic E-state index is 5.68. The first-order chi connectivity index (χ1) is 8.31. The third kappa shape index (κ3) is 4.86. The molecule has 0 saturated carbocycles. The lowest BCUT2D eigenvalue weighted by Gasteiger charge is -2.09. The quantitative estimate of drug-likeness (QED) is 0.672. The molecule has 0 bridgehead atoms. The van der Waals surface area contributed by atoms with Crippen LogP contribution in [-0.2, 0) is 6.42 Å². The molecule has 0 aliphatic heterocycles. The van der Waals surface area contributed by atoms with E-state index in [1.807, 2.05) is 0 Å². The summed E-state index contributed by atoms with van der Waals surface area (Å²) in [6, 6.07) is 0.205. The van der Waals surface area contributed by atoms with E-state index in [9.17, 15) is 0 Å². The van der Waals surface area contributed by atoms with Gasteiger partial charge in [-0.05, 0) is 19.4 Å². The SMILES string of the molecule is CCCCCCc1nnc(C(CC)NCC)o1. The van der Waals surface area contributed by atoms with Gasteiger partial charge in [0.25, 0.3) is 0 Å². The van der Waals surface area contributed by atoms with Crippen molar-refractivity contribution in [2.45, 2.75) is 65.3 Å². The average Bonchev–Trinajstić information content (AvgIpc) is 2.80. The van der Waals surface area contributed by atoms with E-state index in [0.717, 1.165) is 37.6 Å². The Morgan fingerprint density at radius 1 is 1.12 bits per heavy atom. The summed E-state index contributed by atoms with van der Waals surface area (Å²) in [6.07, 6.45) is 6.83. The lowest BCUT2D eigenvalue weighted by Crippen LogP contribution is -2.20. The van der Waals surface area contributed by atoms with Gasteiger partial charge >= 0.3 is 0 Å². The number of aryl methyl sites for hydroxylation is 1. The van der Waals surface area contributed by atoms with E-state index in [1.54, 1.807) is 0 Å². The van der Waals surface area contributed by atoms with E-state index in [-0.39, 0.29) is 6.04 Å². The first-order valence-corrected chi connectivity index (χ1v) is 6.87. The van der Waals surface area contributed by atoms with E-state index in [0.29, 0.717) is 0 Å². The second kappa shape index (κ2) is 8.23. The third-order valence-electron chi connectivity index (χ3n) is 2.88. The molecule has 4 nitrogen and oxygen atoms in total. The lowest BCUT2D eigenvalue weighted by atomic mass is 10.1. The summed E-state index contributed by atoms with van der Waals surface area (Å²) in [6.45, 7) is 7.35. The van der Waals surface area contributed by atoms with Crippen LogP contribution < -0.4 is 5.32 Å². The summed E-state index contributed by atoms with van der Waals surface area (Å²) >= 11 is 0. The summed E-state index contributed by atoms with van der Waals surface area (Å²) in [5, 5.41) is 11.6. The van der Waals surface area contributed by atoms with Gasteiger partial charge in [-0.25, -0.2) is 0 Å². The van der Waals surface area contributed by atoms with Gasteiger partial charge in [-0.2, -0.15) is 0 Å². The summed E-state index contributed by atoms with van der Waals surface area (Å²) in [7, 11) is 0. The molecule has 1 unspecified atom stereocenters. The van der Waals surface area contributed by atoms with Crippen LogP contribution in [0.2, 0.25) is 0 Å². The van der Waals surface area contributed by atoms with Crippen LogP contribution in [0.1, 0.15) is 70.7 Å². The fourth-order valence-electron chi connectivity index (χ4n) is 1.86. The largest absolute Gasteiger partial charge is 0.424 e. The molecule has 1 aromatic heterocycles. The molecule has 0 fully saturated rings. The normalized spacial score (nSPS) is 12.9. The smallest absolute Gasteiger partial charge is 0.233 e. The predicted octanol–water partition coefficient (Wildman–Crippen LogP) is 3.25. The van der Waals surface area contributed by atoms with Gasteiger partial charge in [0.2, 0.25) is 11.8 Å². The minimum atomic E-state index is 0.205. The Labute approximate surface area is 104 Å². The zero-order chi connectivity index (χ0) is 12.5. The Bertz CT molecular complexity index is 299. The zero-order valence-corrected chi connectivity index (χ0v) is 11.3. The van der Waals surface area contributed by atoms with Crippen LogP contribution in [0, 0.1) is 0 Å². The van der Waals surface area contributed by atoms with Crippen LogP contribution in [0.5, 0.6) is 0 Å². The molecule has 98 valence electrons. The predicted molar refractivity (Wildman–Crippen MR) is 68.9 cm³/mol. The molecule has 0 aliphatic carbocycles. The number of hydrogen-bond acceptors (Lipinski definition) is 4. The van der Waals surface area contributed by atoms with Crippen LogP contribution >= 0.6 is 0 Å². The van der Waals surface area contributed by atoms with Gasteiger partial charge in [0, 0.05) is 6.42 Å². The van der Waals surface area contributed by atoms with Crippen molar-refractivity contribution in [1.82, 2.24) is 15.5 Å². The maximum Gasteiger partial charge on any atom is 0.233 e.